The van der Waals surface area contributed by atoms with Gasteiger partial charge in [0.15, 0.2) is 0 Å². The average molecular weight is 355 g/mol. The topological polar surface area (TPSA) is 68.7 Å². The highest BCUT2D eigenvalue weighted by molar-refractivity contribution is 5.79. The molecule has 0 unspecified atom stereocenters. The molecule has 1 aliphatic heterocycles. The largest absolute Gasteiger partial charge is 0.494 e. The van der Waals surface area contributed by atoms with Gasteiger partial charge >= 0.3 is 0 Å². The van der Waals surface area contributed by atoms with E-state index in [0.29, 0.717) is 5.95 Å². The van der Waals surface area contributed by atoms with E-state index in [1.54, 1.807) is 17.1 Å². The van der Waals surface area contributed by atoms with Crippen molar-refractivity contribution in [3.8, 4) is 5.75 Å². The number of likely N-dealkylation sites (tertiary alicyclic amines) is 1. The number of hydrogen-bond acceptors (Lipinski definition) is 5. The fraction of sp³-hybridized carbons (Fsp3) is 0.500. The first-order valence-electron chi connectivity index (χ1n) is 9.52. The van der Waals surface area contributed by atoms with Gasteiger partial charge in [-0.3, -0.25) is 0 Å². The summed E-state index contributed by atoms with van der Waals surface area (Å²) >= 11 is 0. The first-order valence-corrected chi connectivity index (χ1v) is 9.52. The number of piperidine rings is 1. The lowest BCUT2D eigenvalue weighted by Crippen LogP contribution is -2.30. The molecule has 1 aromatic heterocycles. The molecule has 1 aromatic carbocycles. The van der Waals surface area contributed by atoms with E-state index in [9.17, 15) is 0 Å². The number of aryl methyl sites for hydroxylation is 1. The van der Waals surface area contributed by atoms with Crippen molar-refractivity contribution in [1.29, 1.82) is 0 Å². The zero-order valence-electron chi connectivity index (χ0n) is 15.6. The number of rotatable bonds is 8. The third kappa shape index (κ3) is 5.59. The van der Waals surface area contributed by atoms with Gasteiger partial charge in [0.1, 0.15) is 5.75 Å². The maximum Gasteiger partial charge on any atom is 0.221 e. The zero-order valence-corrected chi connectivity index (χ0v) is 15.6. The predicted octanol–water partition coefficient (Wildman–Crippen LogP) is 3.30. The summed E-state index contributed by atoms with van der Waals surface area (Å²) < 4.78 is 7.41. The Labute approximate surface area is 155 Å². The summed E-state index contributed by atoms with van der Waals surface area (Å²) in [7, 11) is 0. The Morgan fingerprint density at radius 2 is 1.92 bits per heavy atom. The van der Waals surface area contributed by atoms with Crippen LogP contribution in [0.2, 0.25) is 0 Å². The Morgan fingerprint density at radius 3 is 2.62 bits per heavy atom. The van der Waals surface area contributed by atoms with Gasteiger partial charge in [0.2, 0.25) is 5.95 Å². The van der Waals surface area contributed by atoms with E-state index in [4.69, 9.17) is 10.5 Å². The van der Waals surface area contributed by atoms with Gasteiger partial charge in [-0.05, 0) is 82.1 Å². The van der Waals surface area contributed by atoms with Crippen molar-refractivity contribution in [1.82, 2.24) is 14.6 Å². The highest BCUT2D eigenvalue weighted by atomic mass is 16.5. The van der Waals surface area contributed by atoms with Crippen LogP contribution in [-0.4, -0.2) is 47.0 Å². The quantitative estimate of drug-likeness (QED) is 0.583. The van der Waals surface area contributed by atoms with Crippen LogP contribution in [0.1, 0.15) is 43.4 Å². The van der Waals surface area contributed by atoms with E-state index in [1.807, 2.05) is 31.2 Å². The number of nitrogens with zero attached hydrogens (tertiary/aromatic N) is 4. The third-order valence-electron chi connectivity index (χ3n) is 4.63. The molecule has 0 saturated carbocycles. The molecule has 0 atom stereocenters. The number of nitrogen functional groups attached to an aromatic ring is 1. The molecular weight excluding hydrogens is 326 g/mol. The molecule has 0 aliphatic carbocycles. The van der Waals surface area contributed by atoms with Crippen molar-refractivity contribution in [2.24, 2.45) is 5.10 Å². The highest BCUT2D eigenvalue weighted by Crippen LogP contribution is 2.13. The predicted molar refractivity (Wildman–Crippen MR) is 106 cm³/mol. The average Bonchev–Trinajstić information content (AvgIpc) is 2.99. The lowest BCUT2D eigenvalue weighted by atomic mass is 10.1. The van der Waals surface area contributed by atoms with E-state index >= 15 is 0 Å². The number of unbranched alkanes of at least 4 members (excludes halogenated alkanes) is 1. The Hall–Kier alpha value is -2.34. The van der Waals surface area contributed by atoms with Crippen LogP contribution >= 0.6 is 0 Å². The van der Waals surface area contributed by atoms with E-state index in [1.165, 1.54) is 45.3 Å². The number of hydrogen-bond donors (Lipinski definition) is 1. The Bertz CT molecular complexity index is 701. The number of ether oxygens (including phenoxy) is 1. The van der Waals surface area contributed by atoms with Crippen molar-refractivity contribution >= 4 is 12.2 Å². The number of aromatic nitrogens is 2. The van der Waals surface area contributed by atoms with Crippen LogP contribution in [0.4, 0.5) is 5.95 Å². The van der Waals surface area contributed by atoms with Gasteiger partial charge in [0.25, 0.3) is 0 Å². The lowest BCUT2D eigenvalue weighted by Gasteiger charge is -2.26. The van der Waals surface area contributed by atoms with Gasteiger partial charge < -0.3 is 15.4 Å². The van der Waals surface area contributed by atoms with Crippen LogP contribution in [0.5, 0.6) is 5.75 Å². The second kappa shape index (κ2) is 9.38. The molecule has 2 heterocycles. The maximum absolute atomic E-state index is 5.84. The molecule has 2 N–H and O–H groups in total. The molecule has 0 bridgehead atoms. The van der Waals surface area contributed by atoms with Gasteiger partial charge in [-0.25, -0.2) is 9.66 Å². The van der Waals surface area contributed by atoms with Crippen molar-refractivity contribution in [2.45, 2.75) is 39.0 Å². The molecule has 6 heteroatoms. The van der Waals surface area contributed by atoms with E-state index < -0.39 is 0 Å². The second-order valence-electron chi connectivity index (χ2n) is 6.86. The van der Waals surface area contributed by atoms with Crippen LogP contribution in [0, 0.1) is 6.92 Å². The SMILES string of the molecule is Cc1cn(N=Cc2ccc(OCCCCN3CCCCC3)cc2)c(N)n1. The van der Waals surface area contributed by atoms with Gasteiger partial charge in [0.05, 0.1) is 24.7 Å². The summed E-state index contributed by atoms with van der Waals surface area (Å²) in [5.41, 5.74) is 7.62. The third-order valence-corrected chi connectivity index (χ3v) is 4.63. The minimum Gasteiger partial charge on any atom is -0.494 e. The Kier molecular flexibility index (Phi) is 6.66. The van der Waals surface area contributed by atoms with Gasteiger partial charge in [-0.15, -0.1) is 0 Å². The second-order valence-corrected chi connectivity index (χ2v) is 6.86. The van der Waals surface area contributed by atoms with E-state index in [-0.39, 0.29) is 0 Å². The standard InChI is InChI=1S/C20H29N5O/c1-17-16-25(20(21)23-17)22-15-18-7-9-19(10-8-18)26-14-6-5-13-24-11-3-2-4-12-24/h7-10,15-16H,2-6,11-14H2,1H3,(H2,21,23). The molecule has 0 amide bonds. The first kappa shape index (κ1) is 18.5. The van der Waals surface area contributed by atoms with Crippen LogP contribution in [0.25, 0.3) is 0 Å². The van der Waals surface area contributed by atoms with Crippen molar-refractivity contribution in [3.05, 3.63) is 41.7 Å². The summed E-state index contributed by atoms with van der Waals surface area (Å²) in [4.78, 5) is 6.70. The molecule has 6 nitrogen and oxygen atoms in total. The molecule has 1 aliphatic rings. The van der Waals surface area contributed by atoms with Crippen molar-refractivity contribution in [3.63, 3.8) is 0 Å². The molecule has 26 heavy (non-hydrogen) atoms. The molecule has 0 radical (unpaired) electrons. The van der Waals surface area contributed by atoms with Crippen molar-refractivity contribution < 1.29 is 4.74 Å². The number of imidazole rings is 1. The summed E-state index contributed by atoms with van der Waals surface area (Å²) in [6.07, 6.45) is 9.98. The maximum atomic E-state index is 5.84. The van der Waals surface area contributed by atoms with Crippen LogP contribution in [0.15, 0.2) is 35.6 Å². The minimum absolute atomic E-state index is 0.392. The summed E-state index contributed by atoms with van der Waals surface area (Å²) in [6.45, 7) is 6.41. The molecule has 0 spiro atoms. The molecule has 2 aromatic rings. The molecule has 140 valence electrons. The lowest BCUT2D eigenvalue weighted by molar-refractivity contribution is 0.216. The van der Waals surface area contributed by atoms with E-state index in [2.05, 4.69) is 15.0 Å². The van der Waals surface area contributed by atoms with Gasteiger partial charge in [0, 0.05) is 0 Å². The number of benzene rings is 1. The van der Waals surface area contributed by atoms with Crippen LogP contribution in [-0.2, 0) is 0 Å². The first-order chi connectivity index (χ1) is 12.7. The number of anilines is 1. The smallest absolute Gasteiger partial charge is 0.221 e. The number of nitrogens with two attached hydrogens (primary N) is 1. The van der Waals surface area contributed by atoms with Crippen molar-refractivity contribution in [2.75, 3.05) is 32.0 Å². The van der Waals surface area contributed by atoms with Gasteiger partial charge in [-0.1, -0.05) is 6.42 Å². The zero-order chi connectivity index (χ0) is 18.2. The highest BCUT2D eigenvalue weighted by Gasteiger charge is 2.08. The molecule has 1 saturated heterocycles. The van der Waals surface area contributed by atoms with Gasteiger partial charge in [-0.2, -0.15) is 5.10 Å². The Balaban J connectivity index is 1.38. The van der Waals surface area contributed by atoms with E-state index in [0.717, 1.165) is 30.0 Å². The Morgan fingerprint density at radius 1 is 1.15 bits per heavy atom. The molecule has 3 rings (SSSR count). The minimum atomic E-state index is 0.392. The van der Waals surface area contributed by atoms with Crippen LogP contribution < -0.4 is 10.5 Å². The normalized spacial score (nSPS) is 15.6. The summed E-state index contributed by atoms with van der Waals surface area (Å²) in [5, 5.41) is 4.32. The molecule has 1 fully saturated rings. The monoisotopic (exact) mass is 355 g/mol. The summed E-state index contributed by atoms with van der Waals surface area (Å²) in [5.74, 6) is 1.29. The fourth-order valence-corrected chi connectivity index (χ4v) is 3.19. The van der Waals surface area contributed by atoms with Crippen LogP contribution in [0.3, 0.4) is 0 Å². The fourth-order valence-electron chi connectivity index (χ4n) is 3.19. The summed E-state index contributed by atoms with van der Waals surface area (Å²) in [6, 6.07) is 7.95. The molecular formula is C20H29N5O.